The standard InChI is InChI=1S/C13H7F3S2/c14-13(15,16)18-12-7-4-10(5-8-12)3-6-11-2-1-9-17-11/h1-2,4-5,7-9H. The van der Waals surface area contributed by atoms with Gasteiger partial charge < -0.3 is 0 Å². The first kappa shape index (κ1) is 13.1. The fraction of sp³-hybridized carbons (Fsp3) is 0.0769. The molecular formula is C13H7F3S2. The van der Waals surface area contributed by atoms with Gasteiger partial charge in [-0.3, -0.25) is 0 Å². The van der Waals surface area contributed by atoms with Gasteiger partial charge >= 0.3 is 5.51 Å². The van der Waals surface area contributed by atoms with Crippen LogP contribution in [0, 0.1) is 11.8 Å². The molecule has 0 aliphatic rings. The molecule has 0 amide bonds. The van der Waals surface area contributed by atoms with Crippen LogP contribution in [0.25, 0.3) is 0 Å². The van der Waals surface area contributed by atoms with Gasteiger partial charge in [0.05, 0.1) is 4.88 Å². The Kier molecular flexibility index (Phi) is 4.00. The summed E-state index contributed by atoms with van der Waals surface area (Å²) in [5.74, 6) is 5.86. The van der Waals surface area contributed by atoms with Crippen LogP contribution in [-0.2, 0) is 0 Å². The maximum Gasteiger partial charge on any atom is 0.446 e. The Hall–Kier alpha value is -1.38. The van der Waals surface area contributed by atoms with E-state index in [1.165, 1.54) is 23.5 Å². The zero-order valence-electron chi connectivity index (χ0n) is 8.99. The zero-order valence-corrected chi connectivity index (χ0v) is 10.6. The van der Waals surface area contributed by atoms with Crippen LogP contribution in [0.5, 0.6) is 0 Å². The smallest absolute Gasteiger partial charge is 0.160 e. The third-order valence-electron chi connectivity index (χ3n) is 1.94. The molecule has 0 N–H and O–H groups in total. The molecule has 0 fully saturated rings. The van der Waals surface area contributed by atoms with Gasteiger partial charge in [-0.15, -0.1) is 11.3 Å². The predicted octanol–water partition coefficient (Wildman–Crippen LogP) is 4.76. The van der Waals surface area contributed by atoms with E-state index in [-0.39, 0.29) is 16.7 Å². The van der Waals surface area contributed by atoms with E-state index in [2.05, 4.69) is 11.8 Å². The summed E-state index contributed by atoms with van der Waals surface area (Å²) in [6.45, 7) is 0. The van der Waals surface area contributed by atoms with Gasteiger partial charge in [-0.25, -0.2) is 0 Å². The monoisotopic (exact) mass is 284 g/mol. The Balaban J connectivity index is 2.08. The van der Waals surface area contributed by atoms with Gasteiger partial charge in [0.25, 0.3) is 0 Å². The van der Waals surface area contributed by atoms with Crippen molar-refractivity contribution < 1.29 is 13.2 Å². The highest BCUT2D eigenvalue weighted by Crippen LogP contribution is 2.36. The Bertz CT molecular complexity index is 557. The molecule has 5 heteroatoms. The zero-order chi connectivity index (χ0) is 13.0. The topological polar surface area (TPSA) is 0 Å². The van der Waals surface area contributed by atoms with Crippen LogP contribution in [0.15, 0.2) is 46.7 Å². The summed E-state index contributed by atoms with van der Waals surface area (Å²) >= 11 is 1.41. The van der Waals surface area contributed by atoms with Gasteiger partial charge in [0, 0.05) is 10.5 Å². The van der Waals surface area contributed by atoms with Crippen LogP contribution in [-0.4, -0.2) is 5.51 Å². The summed E-state index contributed by atoms with van der Waals surface area (Å²) in [4.78, 5) is 1.10. The maximum atomic E-state index is 12.1. The number of hydrogen-bond acceptors (Lipinski definition) is 2. The summed E-state index contributed by atoms with van der Waals surface area (Å²) < 4.78 is 36.3. The number of alkyl halides is 3. The molecule has 2 aromatic rings. The molecule has 18 heavy (non-hydrogen) atoms. The number of hydrogen-bond donors (Lipinski definition) is 0. The minimum absolute atomic E-state index is 0.121. The van der Waals surface area contributed by atoms with Gasteiger partial charge in [0.1, 0.15) is 0 Å². The third kappa shape index (κ3) is 4.13. The van der Waals surface area contributed by atoms with Crippen LogP contribution in [0.3, 0.4) is 0 Å². The lowest BCUT2D eigenvalue weighted by atomic mass is 10.2. The molecule has 0 nitrogen and oxygen atoms in total. The normalized spacial score (nSPS) is 10.8. The Morgan fingerprint density at radius 3 is 2.28 bits per heavy atom. The molecule has 0 saturated heterocycles. The Labute approximate surface area is 111 Å². The third-order valence-corrected chi connectivity index (χ3v) is 3.46. The fourth-order valence-electron chi connectivity index (χ4n) is 1.22. The lowest BCUT2D eigenvalue weighted by Crippen LogP contribution is -1.98. The van der Waals surface area contributed by atoms with E-state index < -0.39 is 5.51 Å². The highest BCUT2D eigenvalue weighted by Gasteiger charge is 2.28. The van der Waals surface area contributed by atoms with Crippen LogP contribution >= 0.6 is 23.1 Å². The second-order valence-corrected chi connectivity index (χ2v) is 5.39. The summed E-state index contributed by atoms with van der Waals surface area (Å²) in [5.41, 5.74) is -3.54. The Morgan fingerprint density at radius 2 is 1.72 bits per heavy atom. The summed E-state index contributed by atoms with van der Waals surface area (Å²) in [6.07, 6.45) is 0. The largest absolute Gasteiger partial charge is 0.446 e. The van der Waals surface area contributed by atoms with Crippen LogP contribution in [0.4, 0.5) is 13.2 Å². The van der Waals surface area contributed by atoms with Crippen LogP contribution in [0.1, 0.15) is 10.4 Å². The molecule has 0 aliphatic heterocycles. The number of benzene rings is 1. The van der Waals surface area contributed by atoms with Crippen molar-refractivity contribution in [3.63, 3.8) is 0 Å². The van der Waals surface area contributed by atoms with Crippen molar-refractivity contribution in [2.45, 2.75) is 10.4 Å². The number of rotatable bonds is 1. The molecule has 2 rings (SSSR count). The first-order valence-corrected chi connectivity index (χ1v) is 6.64. The highest BCUT2D eigenvalue weighted by molar-refractivity contribution is 8.00. The van der Waals surface area contributed by atoms with Crippen molar-refractivity contribution in [3.05, 3.63) is 52.2 Å². The fourth-order valence-corrected chi connectivity index (χ4v) is 2.33. The van der Waals surface area contributed by atoms with E-state index in [1.54, 1.807) is 12.1 Å². The van der Waals surface area contributed by atoms with Crippen LogP contribution < -0.4 is 0 Å². The predicted molar refractivity (Wildman–Crippen MR) is 68.7 cm³/mol. The SMILES string of the molecule is FC(F)(F)Sc1ccc(C#Cc2cccs2)cc1. The molecule has 0 atom stereocenters. The van der Waals surface area contributed by atoms with Crippen molar-refractivity contribution in [2.75, 3.05) is 0 Å². The molecule has 1 heterocycles. The van der Waals surface area contributed by atoms with E-state index in [9.17, 15) is 13.2 Å². The molecule has 0 saturated carbocycles. The molecule has 0 spiro atoms. The number of halogens is 3. The molecule has 0 radical (unpaired) electrons. The minimum Gasteiger partial charge on any atom is -0.160 e. The lowest BCUT2D eigenvalue weighted by molar-refractivity contribution is -0.0328. The van der Waals surface area contributed by atoms with E-state index in [0.717, 1.165) is 4.88 Å². The summed E-state index contributed by atoms with van der Waals surface area (Å²) in [6, 6.07) is 9.83. The van der Waals surface area contributed by atoms with Gasteiger partial charge in [-0.05, 0) is 47.5 Å². The second-order valence-electron chi connectivity index (χ2n) is 3.30. The molecular weight excluding hydrogens is 277 g/mol. The average Bonchev–Trinajstić information content (AvgIpc) is 2.79. The average molecular weight is 284 g/mol. The van der Waals surface area contributed by atoms with Crippen molar-refractivity contribution >= 4 is 23.1 Å². The van der Waals surface area contributed by atoms with E-state index in [4.69, 9.17) is 0 Å². The quantitative estimate of drug-likeness (QED) is 0.537. The first-order valence-electron chi connectivity index (χ1n) is 4.94. The second kappa shape index (κ2) is 5.51. The highest BCUT2D eigenvalue weighted by atomic mass is 32.2. The van der Waals surface area contributed by atoms with Crippen molar-refractivity contribution in [1.82, 2.24) is 0 Å². The number of thioether (sulfide) groups is 1. The van der Waals surface area contributed by atoms with E-state index in [0.29, 0.717) is 5.56 Å². The summed E-state index contributed by atoms with van der Waals surface area (Å²) in [7, 11) is 0. The van der Waals surface area contributed by atoms with Crippen molar-refractivity contribution in [2.24, 2.45) is 0 Å². The molecule has 0 aliphatic carbocycles. The molecule has 0 unspecified atom stereocenters. The minimum atomic E-state index is -4.25. The van der Waals surface area contributed by atoms with Gasteiger partial charge in [0.2, 0.25) is 0 Å². The Morgan fingerprint density at radius 1 is 1.00 bits per heavy atom. The van der Waals surface area contributed by atoms with Crippen LogP contribution in [0.2, 0.25) is 0 Å². The molecule has 1 aromatic heterocycles. The van der Waals surface area contributed by atoms with Gasteiger partial charge in [-0.2, -0.15) is 13.2 Å². The lowest BCUT2D eigenvalue weighted by Gasteiger charge is -2.04. The summed E-state index contributed by atoms with van der Waals surface area (Å²) in [5, 5.41) is 1.92. The van der Waals surface area contributed by atoms with Gasteiger partial charge in [0.15, 0.2) is 0 Å². The molecule has 0 bridgehead atoms. The first-order chi connectivity index (χ1) is 8.53. The van der Waals surface area contributed by atoms with E-state index >= 15 is 0 Å². The van der Waals surface area contributed by atoms with Crippen molar-refractivity contribution in [1.29, 1.82) is 0 Å². The molecule has 92 valence electrons. The molecule has 1 aromatic carbocycles. The maximum absolute atomic E-state index is 12.1. The number of thiophene rings is 1. The van der Waals surface area contributed by atoms with Crippen molar-refractivity contribution in [3.8, 4) is 11.8 Å². The van der Waals surface area contributed by atoms with Gasteiger partial charge in [-0.1, -0.05) is 17.9 Å². The van der Waals surface area contributed by atoms with E-state index in [1.807, 2.05) is 17.5 Å².